The van der Waals surface area contributed by atoms with Crippen LogP contribution < -0.4 is 10.6 Å². The Morgan fingerprint density at radius 1 is 1.16 bits per heavy atom. The second-order valence-electron chi connectivity index (χ2n) is 8.34. The summed E-state index contributed by atoms with van der Waals surface area (Å²) in [6.07, 6.45) is 0.388. The van der Waals surface area contributed by atoms with Gasteiger partial charge in [0.15, 0.2) is 0 Å². The van der Waals surface area contributed by atoms with E-state index in [0.717, 1.165) is 27.7 Å². The Labute approximate surface area is 184 Å². The van der Waals surface area contributed by atoms with Gasteiger partial charge in [0.1, 0.15) is 6.04 Å². The Kier molecular flexibility index (Phi) is 5.67. The number of rotatable bonds is 6. The molecule has 1 aliphatic heterocycles. The first-order chi connectivity index (χ1) is 15.3. The number of amides is 1. The average Bonchev–Trinajstić information content (AvgIpc) is 3.15. The number of non-ortho nitro benzene ring substituents is 1. The van der Waals surface area contributed by atoms with Crippen molar-refractivity contribution in [1.82, 2.24) is 15.6 Å². The molecule has 4 rings (SSSR count). The number of fused-ring (bicyclic) bond motifs is 3. The van der Waals surface area contributed by atoms with Gasteiger partial charge in [-0.05, 0) is 29.5 Å². The van der Waals surface area contributed by atoms with Gasteiger partial charge in [0.05, 0.1) is 17.0 Å². The molecule has 4 N–H and O–H groups in total. The predicted molar refractivity (Wildman–Crippen MR) is 118 cm³/mol. The highest BCUT2D eigenvalue weighted by molar-refractivity contribution is 5.90. The number of hydrogen-bond donors (Lipinski definition) is 4. The quantitative estimate of drug-likeness (QED) is 0.346. The highest BCUT2D eigenvalue weighted by atomic mass is 16.6. The van der Waals surface area contributed by atoms with Crippen molar-refractivity contribution in [1.29, 1.82) is 0 Å². The lowest BCUT2D eigenvalue weighted by Gasteiger charge is -2.32. The van der Waals surface area contributed by atoms with Gasteiger partial charge in [-0.3, -0.25) is 20.2 Å². The van der Waals surface area contributed by atoms with Crippen LogP contribution in [0.1, 0.15) is 36.7 Å². The van der Waals surface area contributed by atoms with Crippen LogP contribution in [0.15, 0.2) is 48.5 Å². The molecule has 1 amide bonds. The molecule has 0 spiro atoms. The van der Waals surface area contributed by atoms with E-state index in [1.54, 1.807) is 26.0 Å². The van der Waals surface area contributed by atoms with E-state index in [2.05, 4.69) is 15.6 Å². The van der Waals surface area contributed by atoms with Gasteiger partial charge in [0.25, 0.3) is 5.69 Å². The van der Waals surface area contributed by atoms with Crippen molar-refractivity contribution in [2.24, 2.45) is 5.92 Å². The summed E-state index contributed by atoms with van der Waals surface area (Å²) in [4.78, 5) is 38.6. The fraction of sp³-hybridized carbons (Fsp3) is 0.304. The molecule has 32 heavy (non-hydrogen) atoms. The number of hydrogen-bond acceptors (Lipinski definition) is 5. The highest BCUT2D eigenvalue weighted by Gasteiger charge is 2.36. The minimum absolute atomic E-state index is 0.0167. The summed E-state index contributed by atoms with van der Waals surface area (Å²) in [5.41, 5.74) is 3.54. The Hall–Kier alpha value is -3.72. The molecule has 9 heteroatoms. The van der Waals surface area contributed by atoms with E-state index in [4.69, 9.17) is 0 Å². The zero-order valence-corrected chi connectivity index (χ0v) is 17.7. The van der Waals surface area contributed by atoms with Crippen molar-refractivity contribution < 1.29 is 19.6 Å². The summed E-state index contributed by atoms with van der Waals surface area (Å²) >= 11 is 0. The van der Waals surface area contributed by atoms with Crippen LogP contribution in [-0.4, -0.2) is 39.0 Å². The molecule has 1 aliphatic rings. The summed E-state index contributed by atoms with van der Waals surface area (Å²) in [7, 11) is 0. The van der Waals surface area contributed by atoms with E-state index in [-0.39, 0.29) is 11.6 Å². The maximum absolute atomic E-state index is 13.1. The van der Waals surface area contributed by atoms with Crippen molar-refractivity contribution in [3.8, 4) is 0 Å². The van der Waals surface area contributed by atoms with Gasteiger partial charge < -0.3 is 15.4 Å². The Bertz CT molecular complexity index is 1180. The number of carbonyl (C=O) groups excluding carboxylic acids is 1. The Balaban J connectivity index is 1.72. The number of aromatic amines is 1. The fourth-order valence-corrected chi connectivity index (χ4v) is 4.22. The molecule has 1 aromatic heterocycles. The number of carboxylic acid groups (broad SMARTS) is 1. The van der Waals surface area contributed by atoms with Crippen molar-refractivity contribution in [2.75, 3.05) is 0 Å². The SMILES string of the molecule is CC(C)[C@H](NC(=O)[C@@H]1Cc2c([nH]c3ccccc23)[C@H](c2ccc([N+](=O)[O-])cc2)N1)C(=O)O. The lowest BCUT2D eigenvalue weighted by atomic mass is 9.89. The maximum atomic E-state index is 13.1. The Morgan fingerprint density at radius 2 is 1.84 bits per heavy atom. The molecule has 3 aromatic rings. The van der Waals surface area contributed by atoms with E-state index >= 15 is 0 Å². The molecule has 3 atom stereocenters. The maximum Gasteiger partial charge on any atom is 0.326 e. The minimum atomic E-state index is -1.08. The van der Waals surface area contributed by atoms with Crippen molar-refractivity contribution in [2.45, 2.75) is 38.4 Å². The molecule has 2 aromatic carbocycles. The first-order valence-corrected chi connectivity index (χ1v) is 10.4. The van der Waals surface area contributed by atoms with Gasteiger partial charge in [0.2, 0.25) is 5.91 Å². The van der Waals surface area contributed by atoms with Crippen LogP contribution in [0.4, 0.5) is 5.69 Å². The van der Waals surface area contributed by atoms with Gasteiger partial charge in [-0.1, -0.05) is 44.2 Å². The second kappa shape index (κ2) is 8.43. The Morgan fingerprint density at radius 3 is 2.47 bits per heavy atom. The molecule has 0 aliphatic carbocycles. The van der Waals surface area contributed by atoms with Crippen molar-refractivity contribution >= 4 is 28.5 Å². The van der Waals surface area contributed by atoms with Crippen molar-refractivity contribution in [3.05, 3.63) is 75.5 Å². The van der Waals surface area contributed by atoms with Crippen molar-refractivity contribution in [3.63, 3.8) is 0 Å². The number of aliphatic carboxylic acids is 1. The predicted octanol–water partition coefficient (Wildman–Crippen LogP) is 2.91. The normalized spacial score (nSPS) is 18.8. The number of nitrogens with zero attached hydrogens (tertiary/aromatic N) is 1. The summed E-state index contributed by atoms with van der Waals surface area (Å²) < 4.78 is 0. The van der Waals surface area contributed by atoms with Crippen LogP contribution in [0.2, 0.25) is 0 Å². The molecule has 166 valence electrons. The van der Waals surface area contributed by atoms with Crippen LogP contribution in [-0.2, 0) is 16.0 Å². The standard InChI is InChI=1S/C23H24N4O5/c1-12(2)19(23(29)30)26-22(28)18-11-16-15-5-3-4-6-17(15)24-21(16)20(25-18)13-7-9-14(10-8-13)27(31)32/h3-10,12,18-20,24-25H,11H2,1-2H3,(H,26,28)(H,29,30)/t18-,19-,20-/m0/s1. The zero-order chi connectivity index (χ0) is 23.0. The molecule has 9 nitrogen and oxygen atoms in total. The largest absolute Gasteiger partial charge is 0.480 e. The highest BCUT2D eigenvalue weighted by Crippen LogP contribution is 2.35. The van der Waals surface area contributed by atoms with E-state index < -0.39 is 34.9 Å². The third-order valence-electron chi connectivity index (χ3n) is 5.90. The first-order valence-electron chi connectivity index (χ1n) is 10.4. The number of nitro benzene ring substituents is 1. The van der Waals surface area contributed by atoms with E-state index in [1.165, 1.54) is 12.1 Å². The minimum Gasteiger partial charge on any atom is -0.480 e. The molecular formula is C23H24N4O5. The van der Waals surface area contributed by atoms with Crippen LogP contribution >= 0.6 is 0 Å². The van der Waals surface area contributed by atoms with E-state index in [0.29, 0.717) is 6.42 Å². The van der Waals surface area contributed by atoms with Crippen LogP contribution in [0.25, 0.3) is 10.9 Å². The van der Waals surface area contributed by atoms with Crippen LogP contribution in [0.3, 0.4) is 0 Å². The van der Waals surface area contributed by atoms with Gasteiger partial charge in [-0.15, -0.1) is 0 Å². The molecule has 0 bridgehead atoms. The van der Waals surface area contributed by atoms with Gasteiger partial charge in [-0.2, -0.15) is 0 Å². The fourth-order valence-electron chi connectivity index (χ4n) is 4.22. The number of nitrogens with one attached hydrogen (secondary N) is 3. The second-order valence-corrected chi connectivity index (χ2v) is 8.34. The molecule has 0 unspecified atom stereocenters. The first kappa shape index (κ1) is 21.5. The number of H-pyrrole nitrogens is 1. The zero-order valence-electron chi connectivity index (χ0n) is 17.7. The third kappa shape index (κ3) is 3.94. The number of carboxylic acids is 1. The topological polar surface area (TPSA) is 137 Å². The summed E-state index contributed by atoms with van der Waals surface area (Å²) in [6, 6.07) is 11.9. The summed E-state index contributed by atoms with van der Waals surface area (Å²) in [6.45, 7) is 3.48. The summed E-state index contributed by atoms with van der Waals surface area (Å²) in [5.74, 6) is -1.74. The smallest absolute Gasteiger partial charge is 0.326 e. The van der Waals surface area contributed by atoms with E-state index in [1.807, 2.05) is 24.3 Å². The molecule has 0 radical (unpaired) electrons. The molecule has 0 fully saturated rings. The monoisotopic (exact) mass is 436 g/mol. The number of para-hydroxylation sites is 1. The van der Waals surface area contributed by atoms with Gasteiger partial charge in [-0.25, -0.2) is 4.79 Å². The molecule has 2 heterocycles. The van der Waals surface area contributed by atoms with Crippen LogP contribution in [0, 0.1) is 16.0 Å². The third-order valence-corrected chi connectivity index (χ3v) is 5.90. The van der Waals surface area contributed by atoms with E-state index in [9.17, 15) is 24.8 Å². The summed E-state index contributed by atoms with van der Waals surface area (Å²) in [5, 5.41) is 27.5. The lowest BCUT2D eigenvalue weighted by Crippen LogP contribution is -2.54. The number of nitro groups is 1. The number of aromatic nitrogens is 1. The van der Waals surface area contributed by atoms with Crippen LogP contribution in [0.5, 0.6) is 0 Å². The molecule has 0 saturated heterocycles. The van der Waals surface area contributed by atoms with Gasteiger partial charge >= 0.3 is 5.97 Å². The average molecular weight is 436 g/mol. The lowest BCUT2D eigenvalue weighted by molar-refractivity contribution is -0.384. The number of benzene rings is 2. The molecule has 0 saturated carbocycles. The molecular weight excluding hydrogens is 412 g/mol. The van der Waals surface area contributed by atoms with Gasteiger partial charge in [0, 0.05) is 28.7 Å². The number of carbonyl (C=O) groups is 2.